The maximum absolute atomic E-state index is 2.46. The molecule has 3 heteroatoms. The van der Waals surface area contributed by atoms with Gasteiger partial charge in [-0.25, -0.2) is 0 Å². The SMILES string of the molecule is C1=CC(c2ccccc2)C=C(c2ccccc2)C=C1n1c2ccccc2c2ccc(-n3c4ccccc4c4c(-n5c6ccccc6c6ccccc65)cccc43)cc21. The standard InChI is InChI=1S/C55H37N3/c1-3-16-37(17-4-1)39-30-31-41(35-40(34-39)38-18-5-2-6-19-38)57-48-24-11-7-22-45(48)46-33-32-42(36-54(46)57)56-51-27-14-10-23-47(51)55-52(56)28-15-29-53(55)58-49-25-12-8-20-43(49)44-21-9-13-26-50(44)58/h1-36,39H. The van der Waals surface area contributed by atoms with Gasteiger partial charge >= 0.3 is 0 Å². The van der Waals surface area contributed by atoms with Crippen LogP contribution in [0.5, 0.6) is 0 Å². The Hall–Kier alpha value is -7.62. The van der Waals surface area contributed by atoms with Gasteiger partial charge in [-0.1, -0.05) is 158 Å². The molecule has 3 nitrogen and oxygen atoms in total. The highest BCUT2D eigenvalue weighted by Gasteiger charge is 2.22. The van der Waals surface area contributed by atoms with E-state index in [1.54, 1.807) is 0 Å². The van der Waals surface area contributed by atoms with Gasteiger partial charge in [-0.2, -0.15) is 0 Å². The molecule has 12 rings (SSSR count). The van der Waals surface area contributed by atoms with Crippen LogP contribution >= 0.6 is 0 Å². The maximum atomic E-state index is 2.46. The fourth-order valence-corrected chi connectivity index (χ4v) is 9.56. The summed E-state index contributed by atoms with van der Waals surface area (Å²) in [6, 6.07) is 70.6. The first-order valence-corrected chi connectivity index (χ1v) is 20.1. The number of nitrogens with zero attached hydrogens (tertiary/aromatic N) is 3. The van der Waals surface area contributed by atoms with Crippen LogP contribution in [0, 0.1) is 0 Å². The molecule has 0 aliphatic heterocycles. The highest BCUT2D eigenvalue weighted by molar-refractivity contribution is 6.17. The normalized spacial score (nSPS) is 14.5. The van der Waals surface area contributed by atoms with Gasteiger partial charge < -0.3 is 13.7 Å². The van der Waals surface area contributed by atoms with Crippen LogP contribution in [0.3, 0.4) is 0 Å². The Bertz CT molecular complexity index is 3440. The van der Waals surface area contributed by atoms with E-state index in [1.165, 1.54) is 87.8 Å². The average molecular weight is 740 g/mol. The fourth-order valence-electron chi connectivity index (χ4n) is 9.56. The quantitative estimate of drug-likeness (QED) is 0.167. The lowest BCUT2D eigenvalue weighted by molar-refractivity contribution is 1.09. The van der Waals surface area contributed by atoms with Crippen molar-refractivity contribution in [1.29, 1.82) is 0 Å². The summed E-state index contributed by atoms with van der Waals surface area (Å²) in [7, 11) is 0. The van der Waals surface area contributed by atoms with E-state index >= 15 is 0 Å². The molecule has 1 unspecified atom stereocenters. The Morgan fingerprint density at radius 1 is 0.379 bits per heavy atom. The van der Waals surface area contributed by atoms with Crippen molar-refractivity contribution in [2.75, 3.05) is 0 Å². The molecule has 1 aliphatic rings. The van der Waals surface area contributed by atoms with E-state index in [9.17, 15) is 0 Å². The first-order chi connectivity index (χ1) is 28.8. The molecule has 3 heterocycles. The zero-order chi connectivity index (χ0) is 38.2. The molecule has 0 saturated carbocycles. The number of allylic oxidation sites excluding steroid dienone is 6. The molecule has 0 fully saturated rings. The summed E-state index contributed by atoms with van der Waals surface area (Å²) in [4.78, 5) is 0. The number of aromatic nitrogens is 3. The number of hydrogen-bond acceptors (Lipinski definition) is 0. The highest BCUT2D eigenvalue weighted by Crippen LogP contribution is 2.42. The van der Waals surface area contributed by atoms with Crippen LogP contribution < -0.4 is 0 Å². The van der Waals surface area contributed by atoms with Crippen LogP contribution in [-0.4, -0.2) is 13.7 Å². The van der Waals surface area contributed by atoms with Gasteiger partial charge in [0.05, 0.1) is 38.8 Å². The third-order valence-corrected chi connectivity index (χ3v) is 12.1. The summed E-state index contributed by atoms with van der Waals surface area (Å²) < 4.78 is 7.38. The van der Waals surface area contributed by atoms with E-state index in [0.717, 1.165) is 11.4 Å². The monoisotopic (exact) mass is 739 g/mol. The molecule has 11 aromatic rings. The van der Waals surface area contributed by atoms with Crippen molar-refractivity contribution in [2.45, 2.75) is 5.92 Å². The largest absolute Gasteiger partial charge is 0.309 e. The Balaban J connectivity index is 1.11. The molecular formula is C55H37N3. The van der Waals surface area contributed by atoms with Gasteiger partial charge in [-0.15, -0.1) is 0 Å². The van der Waals surface area contributed by atoms with Crippen molar-refractivity contribution < 1.29 is 0 Å². The predicted octanol–water partition coefficient (Wildman–Crippen LogP) is 14.3. The van der Waals surface area contributed by atoms with Crippen LogP contribution in [0.1, 0.15) is 17.0 Å². The topological polar surface area (TPSA) is 14.8 Å². The molecule has 0 radical (unpaired) electrons. The van der Waals surface area contributed by atoms with Crippen LogP contribution in [0.15, 0.2) is 218 Å². The molecule has 0 saturated heterocycles. The molecule has 0 bridgehead atoms. The summed E-state index contributed by atoms with van der Waals surface area (Å²) >= 11 is 0. The Morgan fingerprint density at radius 2 is 0.914 bits per heavy atom. The summed E-state index contributed by atoms with van der Waals surface area (Å²) in [6.45, 7) is 0. The number of fused-ring (bicyclic) bond motifs is 9. The zero-order valence-electron chi connectivity index (χ0n) is 31.7. The maximum Gasteiger partial charge on any atom is 0.0562 e. The van der Waals surface area contributed by atoms with E-state index < -0.39 is 0 Å². The lowest BCUT2D eigenvalue weighted by Crippen LogP contribution is -1.98. The lowest BCUT2D eigenvalue weighted by atomic mass is 9.95. The van der Waals surface area contributed by atoms with Gasteiger partial charge in [0.2, 0.25) is 0 Å². The molecule has 272 valence electrons. The van der Waals surface area contributed by atoms with Gasteiger partial charge in [0, 0.05) is 49.6 Å². The van der Waals surface area contributed by atoms with E-state index in [1.807, 2.05) is 0 Å². The van der Waals surface area contributed by atoms with Crippen LogP contribution in [0.4, 0.5) is 0 Å². The van der Waals surface area contributed by atoms with Gasteiger partial charge in [0.15, 0.2) is 0 Å². The summed E-state index contributed by atoms with van der Waals surface area (Å²) in [5, 5.41) is 7.47. The van der Waals surface area contributed by atoms with Crippen molar-refractivity contribution in [3.63, 3.8) is 0 Å². The Labute approximate surface area is 335 Å². The first-order valence-electron chi connectivity index (χ1n) is 20.1. The van der Waals surface area contributed by atoms with Crippen molar-refractivity contribution in [3.8, 4) is 11.4 Å². The number of para-hydroxylation sites is 4. The molecule has 0 amide bonds. The van der Waals surface area contributed by atoms with Crippen molar-refractivity contribution in [1.82, 2.24) is 13.7 Å². The summed E-state index contributed by atoms with van der Waals surface area (Å²) in [6.07, 6.45) is 9.44. The molecule has 8 aromatic carbocycles. The van der Waals surface area contributed by atoms with E-state index in [2.05, 4.69) is 232 Å². The van der Waals surface area contributed by atoms with Gasteiger partial charge in [-0.05, 0) is 77.4 Å². The molecule has 0 N–H and O–H groups in total. The van der Waals surface area contributed by atoms with Crippen LogP contribution in [-0.2, 0) is 0 Å². The third kappa shape index (κ3) is 4.93. The molecular weight excluding hydrogens is 703 g/mol. The number of benzene rings is 8. The predicted molar refractivity (Wildman–Crippen MR) is 245 cm³/mol. The average Bonchev–Trinajstić information content (AvgIpc) is 3.86. The minimum atomic E-state index is 0.134. The number of rotatable bonds is 5. The Morgan fingerprint density at radius 3 is 1.59 bits per heavy atom. The van der Waals surface area contributed by atoms with Crippen molar-refractivity contribution >= 4 is 76.7 Å². The van der Waals surface area contributed by atoms with Gasteiger partial charge in [0.1, 0.15) is 0 Å². The second-order valence-corrected chi connectivity index (χ2v) is 15.3. The fraction of sp³-hybridized carbons (Fsp3) is 0.0182. The van der Waals surface area contributed by atoms with E-state index in [-0.39, 0.29) is 5.92 Å². The van der Waals surface area contributed by atoms with E-state index in [0.29, 0.717) is 0 Å². The Kier molecular flexibility index (Phi) is 7.29. The van der Waals surface area contributed by atoms with Gasteiger partial charge in [0.25, 0.3) is 0 Å². The van der Waals surface area contributed by atoms with Crippen LogP contribution in [0.2, 0.25) is 0 Å². The van der Waals surface area contributed by atoms with Crippen molar-refractivity contribution in [2.24, 2.45) is 0 Å². The molecule has 1 aliphatic carbocycles. The van der Waals surface area contributed by atoms with E-state index in [4.69, 9.17) is 0 Å². The first kappa shape index (κ1) is 32.6. The van der Waals surface area contributed by atoms with Crippen molar-refractivity contribution in [3.05, 3.63) is 230 Å². The highest BCUT2D eigenvalue weighted by atomic mass is 15.0. The summed E-state index contributed by atoms with van der Waals surface area (Å²) in [5.74, 6) is 0.134. The van der Waals surface area contributed by atoms with Gasteiger partial charge in [-0.3, -0.25) is 0 Å². The van der Waals surface area contributed by atoms with Crippen LogP contribution in [0.25, 0.3) is 88.1 Å². The molecule has 0 spiro atoms. The number of hydrogen-bond donors (Lipinski definition) is 0. The summed E-state index contributed by atoms with van der Waals surface area (Å²) in [5.41, 5.74) is 14.3. The molecule has 1 atom stereocenters. The molecule has 3 aromatic heterocycles. The third-order valence-electron chi connectivity index (χ3n) is 12.1. The second-order valence-electron chi connectivity index (χ2n) is 15.3. The molecule has 58 heavy (non-hydrogen) atoms. The zero-order valence-corrected chi connectivity index (χ0v) is 31.7. The smallest absolute Gasteiger partial charge is 0.0562 e. The minimum absolute atomic E-state index is 0.134. The lowest BCUT2D eigenvalue weighted by Gasteiger charge is -2.13. The minimum Gasteiger partial charge on any atom is -0.309 e. The second kappa shape index (κ2) is 13.0.